The molecule has 0 radical (unpaired) electrons. The highest BCUT2D eigenvalue weighted by Gasteiger charge is 2.06. The van der Waals surface area contributed by atoms with Gasteiger partial charge in [-0.1, -0.05) is 18.2 Å². The fourth-order valence-corrected chi connectivity index (χ4v) is 1.30. The number of benzene rings is 1. The third kappa shape index (κ3) is 1.65. The third-order valence-corrected chi connectivity index (χ3v) is 2.30. The van der Waals surface area contributed by atoms with E-state index in [4.69, 9.17) is 11.5 Å². The Kier molecular flexibility index (Phi) is 2.84. The summed E-state index contributed by atoms with van der Waals surface area (Å²) in [5.74, 6) is 0. The van der Waals surface area contributed by atoms with Gasteiger partial charge in [0, 0.05) is 12.6 Å². The van der Waals surface area contributed by atoms with Crippen LogP contribution in [0, 0.1) is 13.8 Å². The normalized spacial score (nSPS) is 13.0. The molecule has 66 valence electrons. The molecule has 0 aromatic heterocycles. The summed E-state index contributed by atoms with van der Waals surface area (Å²) in [6.45, 7) is 4.67. The van der Waals surface area contributed by atoms with Crippen LogP contribution in [0.15, 0.2) is 18.2 Å². The summed E-state index contributed by atoms with van der Waals surface area (Å²) in [7, 11) is 0. The number of aryl methyl sites for hydroxylation is 1. The first-order chi connectivity index (χ1) is 5.66. The molecule has 0 saturated heterocycles. The van der Waals surface area contributed by atoms with Gasteiger partial charge in [-0.2, -0.15) is 0 Å². The van der Waals surface area contributed by atoms with Gasteiger partial charge in [0.25, 0.3) is 0 Å². The lowest BCUT2D eigenvalue weighted by Gasteiger charge is -2.13. The fraction of sp³-hybridized carbons (Fsp3) is 0.400. The van der Waals surface area contributed by atoms with Crippen molar-refractivity contribution >= 4 is 0 Å². The molecule has 0 aliphatic rings. The van der Waals surface area contributed by atoms with E-state index < -0.39 is 0 Å². The number of hydrogen-bond donors (Lipinski definition) is 2. The molecule has 4 N–H and O–H groups in total. The lowest BCUT2D eigenvalue weighted by atomic mass is 9.98. The van der Waals surface area contributed by atoms with Crippen LogP contribution in [-0.2, 0) is 0 Å². The molecule has 0 fully saturated rings. The van der Waals surface area contributed by atoms with E-state index in [1.165, 1.54) is 11.1 Å². The zero-order valence-electron chi connectivity index (χ0n) is 7.67. The van der Waals surface area contributed by atoms with E-state index in [0.29, 0.717) is 6.54 Å². The van der Waals surface area contributed by atoms with Crippen molar-refractivity contribution in [1.82, 2.24) is 0 Å². The summed E-state index contributed by atoms with van der Waals surface area (Å²) >= 11 is 0. The number of rotatable bonds is 2. The van der Waals surface area contributed by atoms with Gasteiger partial charge in [-0.25, -0.2) is 0 Å². The predicted molar refractivity (Wildman–Crippen MR) is 51.9 cm³/mol. The molecule has 1 rings (SSSR count). The van der Waals surface area contributed by atoms with Crippen molar-refractivity contribution in [3.05, 3.63) is 34.9 Å². The summed E-state index contributed by atoms with van der Waals surface area (Å²) in [6.07, 6.45) is 0. The van der Waals surface area contributed by atoms with Gasteiger partial charge in [-0.15, -0.1) is 0 Å². The first-order valence-corrected chi connectivity index (χ1v) is 4.18. The highest BCUT2D eigenvalue weighted by Crippen LogP contribution is 2.17. The van der Waals surface area contributed by atoms with Gasteiger partial charge >= 0.3 is 0 Å². The van der Waals surface area contributed by atoms with E-state index in [-0.39, 0.29) is 6.04 Å². The smallest absolute Gasteiger partial charge is 0.0422 e. The van der Waals surface area contributed by atoms with E-state index in [1.807, 2.05) is 12.1 Å². The van der Waals surface area contributed by atoms with Gasteiger partial charge < -0.3 is 11.5 Å². The molecule has 0 heterocycles. The monoisotopic (exact) mass is 164 g/mol. The maximum absolute atomic E-state index is 5.84. The van der Waals surface area contributed by atoms with Crippen LogP contribution in [0.4, 0.5) is 0 Å². The summed E-state index contributed by atoms with van der Waals surface area (Å²) in [5, 5.41) is 0. The highest BCUT2D eigenvalue weighted by atomic mass is 14.7. The van der Waals surface area contributed by atoms with Crippen molar-refractivity contribution in [2.75, 3.05) is 6.54 Å². The summed E-state index contributed by atoms with van der Waals surface area (Å²) in [5.41, 5.74) is 15.0. The molecule has 0 spiro atoms. The van der Waals surface area contributed by atoms with Gasteiger partial charge in [-0.3, -0.25) is 0 Å². The zero-order chi connectivity index (χ0) is 9.14. The first kappa shape index (κ1) is 9.23. The van der Waals surface area contributed by atoms with E-state index in [1.54, 1.807) is 0 Å². The second kappa shape index (κ2) is 3.70. The Labute approximate surface area is 73.6 Å². The van der Waals surface area contributed by atoms with Crippen molar-refractivity contribution in [2.45, 2.75) is 19.9 Å². The molecule has 0 amide bonds. The average molecular weight is 164 g/mol. The molecule has 2 heteroatoms. The minimum absolute atomic E-state index is 0.0232. The molecule has 0 aliphatic carbocycles. The Morgan fingerprint density at radius 3 is 2.58 bits per heavy atom. The van der Waals surface area contributed by atoms with E-state index in [0.717, 1.165) is 5.56 Å². The van der Waals surface area contributed by atoms with Crippen LogP contribution in [0.2, 0.25) is 0 Å². The first-order valence-electron chi connectivity index (χ1n) is 4.18. The van der Waals surface area contributed by atoms with Crippen LogP contribution in [0.5, 0.6) is 0 Å². The largest absolute Gasteiger partial charge is 0.329 e. The van der Waals surface area contributed by atoms with Gasteiger partial charge in [0.1, 0.15) is 0 Å². The maximum Gasteiger partial charge on any atom is 0.0422 e. The second-order valence-corrected chi connectivity index (χ2v) is 3.13. The molecule has 0 aliphatic heterocycles. The Morgan fingerprint density at radius 1 is 1.33 bits per heavy atom. The Balaban J connectivity index is 3.07. The van der Waals surface area contributed by atoms with Crippen molar-refractivity contribution in [3.63, 3.8) is 0 Å². The SMILES string of the molecule is Cc1cccc(C(N)CN)c1C. The maximum atomic E-state index is 5.84. The average Bonchev–Trinajstić information content (AvgIpc) is 2.08. The number of nitrogens with two attached hydrogens (primary N) is 2. The lowest BCUT2D eigenvalue weighted by Crippen LogP contribution is -2.21. The minimum atomic E-state index is -0.0232. The molecule has 1 aromatic rings. The van der Waals surface area contributed by atoms with Crippen molar-refractivity contribution < 1.29 is 0 Å². The molecule has 2 nitrogen and oxygen atoms in total. The summed E-state index contributed by atoms with van der Waals surface area (Å²) in [4.78, 5) is 0. The highest BCUT2D eigenvalue weighted by molar-refractivity contribution is 5.35. The van der Waals surface area contributed by atoms with Gasteiger partial charge in [0.05, 0.1) is 0 Å². The van der Waals surface area contributed by atoms with Crippen LogP contribution < -0.4 is 11.5 Å². The Morgan fingerprint density at radius 2 is 2.00 bits per heavy atom. The molecule has 12 heavy (non-hydrogen) atoms. The fourth-order valence-electron chi connectivity index (χ4n) is 1.30. The van der Waals surface area contributed by atoms with Gasteiger partial charge in [-0.05, 0) is 30.5 Å². The van der Waals surface area contributed by atoms with Gasteiger partial charge in [0.15, 0.2) is 0 Å². The topological polar surface area (TPSA) is 52.0 Å². The molecule has 1 unspecified atom stereocenters. The van der Waals surface area contributed by atoms with Crippen LogP contribution in [0.25, 0.3) is 0 Å². The summed E-state index contributed by atoms with van der Waals surface area (Å²) < 4.78 is 0. The zero-order valence-corrected chi connectivity index (χ0v) is 7.67. The standard InChI is InChI=1S/C10H16N2/c1-7-4-3-5-9(8(7)2)10(12)6-11/h3-5,10H,6,11-12H2,1-2H3. The lowest BCUT2D eigenvalue weighted by molar-refractivity contribution is 0.730. The minimum Gasteiger partial charge on any atom is -0.329 e. The third-order valence-electron chi connectivity index (χ3n) is 2.30. The van der Waals surface area contributed by atoms with Crippen LogP contribution in [-0.4, -0.2) is 6.54 Å². The van der Waals surface area contributed by atoms with Crippen LogP contribution >= 0.6 is 0 Å². The number of hydrogen-bond acceptors (Lipinski definition) is 2. The van der Waals surface area contributed by atoms with E-state index in [2.05, 4.69) is 19.9 Å². The quantitative estimate of drug-likeness (QED) is 0.691. The molecule has 0 bridgehead atoms. The Bertz CT molecular complexity index is 269. The molecular weight excluding hydrogens is 148 g/mol. The summed E-state index contributed by atoms with van der Waals surface area (Å²) in [6, 6.07) is 6.12. The van der Waals surface area contributed by atoms with Crippen LogP contribution in [0.3, 0.4) is 0 Å². The molecular formula is C10H16N2. The van der Waals surface area contributed by atoms with Crippen LogP contribution in [0.1, 0.15) is 22.7 Å². The predicted octanol–water partition coefficient (Wildman–Crippen LogP) is 1.26. The second-order valence-electron chi connectivity index (χ2n) is 3.13. The van der Waals surface area contributed by atoms with E-state index >= 15 is 0 Å². The van der Waals surface area contributed by atoms with Crippen molar-refractivity contribution in [2.24, 2.45) is 11.5 Å². The van der Waals surface area contributed by atoms with Crippen molar-refractivity contribution in [1.29, 1.82) is 0 Å². The molecule has 0 saturated carbocycles. The molecule has 1 atom stereocenters. The van der Waals surface area contributed by atoms with E-state index in [9.17, 15) is 0 Å². The Hall–Kier alpha value is -0.860. The van der Waals surface area contributed by atoms with Crippen molar-refractivity contribution in [3.8, 4) is 0 Å². The molecule has 1 aromatic carbocycles. The van der Waals surface area contributed by atoms with Gasteiger partial charge in [0.2, 0.25) is 0 Å².